The molecule has 0 unspecified atom stereocenters. The molecule has 8 heteroatoms. The minimum absolute atomic E-state index is 0.188. The second kappa shape index (κ2) is 15.0. The Kier molecular flexibility index (Phi) is 17.0. The van der Waals surface area contributed by atoms with Crippen molar-refractivity contribution in [1.82, 2.24) is 10.6 Å². The van der Waals surface area contributed by atoms with Gasteiger partial charge in [0.2, 0.25) is 0 Å². The SMILES string of the molecule is CC[C@@H](CO)NCCN[C@@H](CC)CO.O=[PH](O)O. The van der Waals surface area contributed by atoms with Crippen LogP contribution in [0, 0.1) is 0 Å². The molecule has 0 aromatic rings. The van der Waals surface area contributed by atoms with Crippen LogP contribution in [0.15, 0.2) is 0 Å². The smallest absolute Gasteiger partial charge is 0.314 e. The van der Waals surface area contributed by atoms with Gasteiger partial charge >= 0.3 is 8.25 Å². The number of rotatable bonds is 9. The van der Waals surface area contributed by atoms with E-state index in [-0.39, 0.29) is 25.3 Å². The molecule has 0 aliphatic heterocycles. The van der Waals surface area contributed by atoms with Crippen molar-refractivity contribution in [2.75, 3.05) is 26.3 Å². The molecular weight excluding hydrogens is 259 g/mol. The van der Waals surface area contributed by atoms with Gasteiger partial charge in [0.25, 0.3) is 0 Å². The number of aliphatic hydroxyl groups excluding tert-OH is 2. The second-order valence-electron chi connectivity index (χ2n) is 3.77. The van der Waals surface area contributed by atoms with Gasteiger partial charge in [0.1, 0.15) is 0 Å². The molecule has 0 aliphatic carbocycles. The molecule has 0 aromatic heterocycles. The molecule has 0 heterocycles. The summed E-state index contributed by atoms with van der Waals surface area (Å²) in [6, 6.07) is 0.400. The first-order valence-corrected chi connectivity index (χ1v) is 7.42. The lowest BCUT2D eigenvalue weighted by Crippen LogP contribution is -2.40. The fraction of sp³-hybridized carbons (Fsp3) is 1.00. The third-order valence-corrected chi connectivity index (χ3v) is 2.42. The van der Waals surface area contributed by atoms with Crippen molar-refractivity contribution in [1.29, 1.82) is 0 Å². The van der Waals surface area contributed by atoms with Crippen LogP contribution in [-0.2, 0) is 4.57 Å². The Morgan fingerprint density at radius 2 is 1.22 bits per heavy atom. The van der Waals surface area contributed by atoms with Crippen LogP contribution in [0.4, 0.5) is 0 Å². The summed E-state index contributed by atoms with van der Waals surface area (Å²) in [7, 11) is -3.13. The zero-order chi connectivity index (χ0) is 14.4. The van der Waals surface area contributed by atoms with Gasteiger partial charge in [-0.15, -0.1) is 0 Å². The molecule has 0 radical (unpaired) electrons. The summed E-state index contributed by atoms with van der Waals surface area (Å²) < 4.78 is 8.74. The summed E-state index contributed by atoms with van der Waals surface area (Å²) in [4.78, 5) is 14.3. The summed E-state index contributed by atoms with van der Waals surface area (Å²) in [5, 5.41) is 24.3. The van der Waals surface area contributed by atoms with E-state index < -0.39 is 8.25 Å². The number of nitrogens with one attached hydrogen (secondary N) is 2. The maximum absolute atomic E-state index is 8.90. The van der Waals surface area contributed by atoms with Gasteiger partial charge in [-0.25, -0.2) is 0 Å². The van der Waals surface area contributed by atoms with Gasteiger partial charge in [0, 0.05) is 25.2 Å². The third kappa shape index (κ3) is 16.0. The van der Waals surface area contributed by atoms with Crippen molar-refractivity contribution in [3.8, 4) is 0 Å². The van der Waals surface area contributed by atoms with E-state index in [4.69, 9.17) is 24.6 Å². The van der Waals surface area contributed by atoms with E-state index >= 15 is 0 Å². The van der Waals surface area contributed by atoms with E-state index in [0.29, 0.717) is 0 Å². The first-order chi connectivity index (χ1) is 8.51. The van der Waals surface area contributed by atoms with Crippen LogP contribution >= 0.6 is 8.25 Å². The highest BCUT2D eigenvalue weighted by molar-refractivity contribution is 7.30. The van der Waals surface area contributed by atoms with E-state index in [1.165, 1.54) is 0 Å². The molecule has 0 bridgehead atoms. The van der Waals surface area contributed by atoms with Crippen LogP contribution in [0.25, 0.3) is 0 Å². The zero-order valence-electron chi connectivity index (χ0n) is 11.1. The van der Waals surface area contributed by atoms with Gasteiger partial charge in [-0.3, -0.25) is 4.57 Å². The normalized spacial score (nSPS) is 13.9. The van der Waals surface area contributed by atoms with Crippen LogP contribution in [0.2, 0.25) is 0 Å². The molecule has 0 aromatic carbocycles. The van der Waals surface area contributed by atoms with Crippen LogP contribution in [-0.4, -0.2) is 58.4 Å². The highest BCUT2D eigenvalue weighted by Gasteiger charge is 2.04. The van der Waals surface area contributed by atoms with E-state index in [1.54, 1.807) is 0 Å². The van der Waals surface area contributed by atoms with E-state index in [2.05, 4.69) is 10.6 Å². The minimum Gasteiger partial charge on any atom is -0.395 e. The number of hydrogen-bond acceptors (Lipinski definition) is 5. The largest absolute Gasteiger partial charge is 0.395 e. The maximum Gasteiger partial charge on any atom is 0.314 e. The first kappa shape index (κ1) is 20.3. The van der Waals surface area contributed by atoms with Gasteiger partial charge < -0.3 is 30.6 Å². The number of aliphatic hydroxyl groups is 2. The van der Waals surface area contributed by atoms with Crippen molar-refractivity contribution in [3.05, 3.63) is 0 Å². The Morgan fingerprint density at radius 3 is 1.39 bits per heavy atom. The first-order valence-electron chi connectivity index (χ1n) is 6.12. The molecule has 0 amide bonds. The lowest BCUT2D eigenvalue weighted by Gasteiger charge is -2.17. The lowest BCUT2D eigenvalue weighted by atomic mass is 10.2. The van der Waals surface area contributed by atoms with Crippen molar-refractivity contribution in [2.45, 2.75) is 38.8 Å². The summed E-state index contributed by atoms with van der Waals surface area (Å²) in [6.07, 6.45) is 1.88. The Bertz CT molecular complexity index is 171. The van der Waals surface area contributed by atoms with Gasteiger partial charge in [-0.05, 0) is 12.8 Å². The molecule has 0 rings (SSSR count). The van der Waals surface area contributed by atoms with Crippen LogP contribution in [0.5, 0.6) is 0 Å². The fourth-order valence-corrected chi connectivity index (χ4v) is 1.23. The molecule has 0 fully saturated rings. The van der Waals surface area contributed by atoms with Gasteiger partial charge in [-0.1, -0.05) is 13.8 Å². The van der Waals surface area contributed by atoms with Crippen molar-refractivity contribution >= 4 is 8.25 Å². The van der Waals surface area contributed by atoms with E-state index in [1.807, 2.05) is 13.8 Å². The number of hydrogen-bond donors (Lipinski definition) is 6. The summed E-state index contributed by atoms with van der Waals surface area (Å²) in [5.74, 6) is 0. The van der Waals surface area contributed by atoms with Crippen LogP contribution in [0.3, 0.4) is 0 Å². The van der Waals surface area contributed by atoms with Gasteiger partial charge in [0.15, 0.2) is 0 Å². The second-order valence-corrected chi connectivity index (χ2v) is 4.33. The molecular formula is C10H27N2O5P. The average molecular weight is 286 g/mol. The highest BCUT2D eigenvalue weighted by atomic mass is 31.1. The van der Waals surface area contributed by atoms with Gasteiger partial charge in [0.05, 0.1) is 13.2 Å². The predicted octanol–water partition coefficient (Wildman–Crippen LogP) is -0.932. The van der Waals surface area contributed by atoms with Crippen LogP contribution < -0.4 is 10.6 Å². The molecule has 0 aliphatic rings. The topological polar surface area (TPSA) is 122 Å². The molecule has 2 atom stereocenters. The van der Waals surface area contributed by atoms with Crippen LogP contribution in [0.1, 0.15) is 26.7 Å². The van der Waals surface area contributed by atoms with Crippen molar-refractivity contribution in [2.24, 2.45) is 0 Å². The summed E-state index contributed by atoms with van der Waals surface area (Å²) in [6.45, 7) is 6.13. The standard InChI is InChI=1S/C10H24N2O2.H3O3P/c1-3-9(7-13)11-5-6-12-10(4-2)8-14;1-4(2)3/h9-14H,3-8H2,1-2H3;4H,(H2,1,2,3)/t9-,10-;/m0./s1. The molecule has 6 N–H and O–H groups in total. The Labute approximate surface area is 109 Å². The molecule has 18 heavy (non-hydrogen) atoms. The monoisotopic (exact) mass is 286 g/mol. The third-order valence-electron chi connectivity index (χ3n) is 2.42. The summed E-state index contributed by atoms with van der Waals surface area (Å²) >= 11 is 0. The average Bonchev–Trinajstić information content (AvgIpc) is 2.33. The lowest BCUT2D eigenvalue weighted by molar-refractivity contribution is 0.229. The Hall–Kier alpha value is -0.0100. The minimum atomic E-state index is -3.13. The fourth-order valence-electron chi connectivity index (χ4n) is 1.23. The van der Waals surface area contributed by atoms with Gasteiger partial charge in [-0.2, -0.15) is 0 Å². The van der Waals surface area contributed by atoms with E-state index in [9.17, 15) is 0 Å². The maximum atomic E-state index is 8.90. The quantitative estimate of drug-likeness (QED) is 0.239. The van der Waals surface area contributed by atoms with Crippen molar-refractivity contribution < 1.29 is 24.6 Å². The van der Waals surface area contributed by atoms with E-state index in [0.717, 1.165) is 25.9 Å². The van der Waals surface area contributed by atoms with Crippen molar-refractivity contribution in [3.63, 3.8) is 0 Å². The molecule has 112 valence electrons. The zero-order valence-corrected chi connectivity index (χ0v) is 12.1. The Morgan fingerprint density at radius 1 is 0.944 bits per heavy atom. The Balaban J connectivity index is 0. The molecule has 0 saturated heterocycles. The predicted molar refractivity (Wildman–Crippen MR) is 71.8 cm³/mol. The molecule has 0 saturated carbocycles. The summed E-state index contributed by atoms with van der Waals surface area (Å²) in [5.41, 5.74) is 0. The highest BCUT2D eigenvalue weighted by Crippen LogP contribution is 1.98. The molecule has 7 nitrogen and oxygen atoms in total. The molecule has 0 spiro atoms.